The third kappa shape index (κ3) is 3.09. The lowest BCUT2D eigenvalue weighted by Crippen LogP contribution is -2.51. The Labute approximate surface area is 152 Å². The van der Waals surface area contributed by atoms with E-state index in [1.807, 2.05) is 0 Å². The van der Waals surface area contributed by atoms with E-state index in [9.17, 15) is 18.0 Å². The average Bonchev–Trinajstić information content (AvgIpc) is 2.99. The van der Waals surface area contributed by atoms with Crippen LogP contribution in [0.4, 0.5) is 13.2 Å². The number of ketones is 1. The second kappa shape index (κ2) is 6.42. The molecule has 2 N–H and O–H groups in total. The van der Waals surface area contributed by atoms with Crippen LogP contribution in [-0.2, 0) is 21.5 Å². The van der Waals surface area contributed by atoms with Crippen molar-refractivity contribution in [2.75, 3.05) is 13.2 Å². The van der Waals surface area contributed by atoms with E-state index in [0.29, 0.717) is 11.1 Å². The van der Waals surface area contributed by atoms with Crippen molar-refractivity contribution in [1.82, 2.24) is 0 Å². The van der Waals surface area contributed by atoms with E-state index in [1.54, 1.807) is 0 Å². The van der Waals surface area contributed by atoms with Crippen molar-refractivity contribution in [3.05, 3.63) is 45.7 Å². The predicted molar refractivity (Wildman–Crippen MR) is 91.2 cm³/mol. The Morgan fingerprint density at radius 2 is 2.15 bits per heavy atom. The number of nitrogens with two attached hydrogens (primary N) is 1. The number of Topliss-reactive ketones (excluding diaryl/α,β-unsaturated/α-hetero) is 1. The van der Waals surface area contributed by atoms with Crippen LogP contribution < -0.4 is 5.73 Å². The molecule has 2 aliphatic heterocycles. The van der Waals surface area contributed by atoms with Gasteiger partial charge in [0.15, 0.2) is 17.9 Å². The van der Waals surface area contributed by atoms with Crippen molar-refractivity contribution in [1.29, 1.82) is 0 Å². The molecule has 0 radical (unpaired) electrons. The molecule has 0 saturated heterocycles. The molecule has 2 aliphatic rings. The molecule has 9 heteroatoms. The molecule has 0 aliphatic carbocycles. The number of alkyl halides is 2. The summed E-state index contributed by atoms with van der Waals surface area (Å²) in [5, 5.41) is 0.248. The fourth-order valence-electron chi connectivity index (χ4n) is 2.84. The molecule has 3 rings (SSSR count). The third-order valence-corrected chi connectivity index (χ3v) is 4.77. The van der Waals surface area contributed by atoms with Crippen LogP contribution in [0.2, 0.25) is 0 Å². The first-order valence-electron chi connectivity index (χ1n) is 7.70. The van der Waals surface area contributed by atoms with Crippen molar-refractivity contribution < 1.29 is 22.7 Å². The molecule has 0 spiro atoms. The quantitative estimate of drug-likeness (QED) is 0.865. The molecule has 2 heterocycles. The maximum Gasteiger partial charge on any atom is 0.310 e. The number of carbonyl (C=O) groups excluding carboxylic acids is 1. The summed E-state index contributed by atoms with van der Waals surface area (Å²) in [5.74, 6) is -4.66. The summed E-state index contributed by atoms with van der Waals surface area (Å²) in [6.07, 6.45) is 1.26. The van der Waals surface area contributed by atoms with E-state index in [4.69, 9.17) is 17.3 Å². The van der Waals surface area contributed by atoms with Crippen molar-refractivity contribution in [3.63, 3.8) is 0 Å². The van der Waals surface area contributed by atoms with Gasteiger partial charge in [0.2, 0.25) is 0 Å². The molecule has 0 unspecified atom stereocenters. The van der Waals surface area contributed by atoms with Crippen molar-refractivity contribution in [2.24, 2.45) is 15.7 Å². The Hall–Kier alpha value is -2.35. The summed E-state index contributed by atoms with van der Waals surface area (Å²) in [6, 6.07) is 3.14. The summed E-state index contributed by atoms with van der Waals surface area (Å²) in [5.41, 5.74) is 3.51. The normalized spacial score (nSPS) is 24.4. The number of aliphatic imine (C=N–C) groups is 2. The molecule has 5 nitrogen and oxygen atoms in total. The zero-order valence-corrected chi connectivity index (χ0v) is 14.5. The summed E-state index contributed by atoms with van der Waals surface area (Å²) in [4.78, 5) is 19.9. The zero-order chi connectivity index (χ0) is 19.1. The fraction of sp³-hybridized carbons (Fsp3) is 0.353. The van der Waals surface area contributed by atoms with E-state index >= 15 is 0 Å². The highest BCUT2D eigenvalue weighted by Gasteiger charge is 2.56. The number of nitrogens with zero attached hydrogens (tertiary/aromatic N) is 2. The number of benzene rings is 1. The first-order valence-corrected chi connectivity index (χ1v) is 8.08. The van der Waals surface area contributed by atoms with Crippen molar-refractivity contribution in [2.45, 2.75) is 24.8 Å². The highest BCUT2D eigenvalue weighted by molar-refractivity contribution is 6.42. The Morgan fingerprint density at radius 3 is 2.81 bits per heavy atom. The zero-order valence-electron chi connectivity index (χ0n) is 13.7. The van der Waals surface area contributed by atoms with Crippen LogP contribution in [0.3, 0.4) is 0 Å². The van der Waals surface area contributed by atoms with Crippen LogP contribution in [0.25, 0.3) is 0 Å². The van der Waals surface area contributed by atoms with E-state index in [0.717, 1.165) is 13.0 Å². The minimum atomic E-state index is -3.48. The molecule has 0 bridgehead atoms. The number of rotatable bonds is 4. The Balaban J connectivity index is 1.97. The number of hydrogen-bond donors (Lipinski definition) is 1. The standard InChI is InChI=1S/C17H15ClF3N3O2/c1-16(17(20,21)8-26-15(22)24-16)11-4-9(2-3-13(11)19)5-14(25)10-6-23-7-12(10)18/h2-4,7H,5-6,8H2,1H3,(H2,22,24)/t16-/m1/s1. The second-order valence-corrected chi connectivity index (χ2v) is 6.63. The van der Waals surface area contributed by atoms with E-state index in [-0.39, 0.29) is 29.3 Å². The first-order chi connectivity index (χ1) is 12.1. The van der Waals surface area contributed by atoms with E-state index in [2.05, 4.69) is 14.7 Å². The van der Waals surface area contributed by atoms with Crippen LogP contribution in [0.5, 0.6) is 0 Å². The van der Waals surface area contributed by atoms with Crippen molar-refractivity contribution in [3.8, 4) is 0 Å². The smallest absolute Gasteiger partial charge is 0.310 e. The van der Waals surface area contributed by atoms with Crippen LogP contribution >= 0.6 is 11.6 Å². The van der Waals surface area contributed by atoms with Gasteiger partial charge in [-0.1, -0.05) is 17.7 Å². The van der Waals surface area contributed by atoms with Gasteiger partial charge in [0.1, 0.15) is 5.82 Å². The molecule has 26 heavy (non-hydrogen) atoms. The van der Waals surface area contributed by atoms with Crippen LogP contribution in [-0.4, -0.2) is 37.1 Å². The molecule has 138 valence electrons. The summed E-state index contributed by atoms with van der Waals surface area (Å²) >= 11 is 5.90. The maximum atomic E-state index is 14.4. The molecule has 1 atom stereocenters. The van der Waals surface area contributed by atoms with E-state index < -0.39 is 29.9 Å². The van der Waals surface area contributed by atoms with Gasteiger partial charge >= 0.3 is 5.92 Å². The fourth-order valence-corrected chi connectivity index (χ4v) is 3.07. The molecule has 0 fully saturated rings. The lowest BCUT2D eigenvalue weighted by Gasteiger charge is -2.37. The highest BCUT2D eigenvalue weighted by Crippen LogP contribution is 2.44. The lowest BCUT2D eigenvalue weighted by atomic mass is 9.84. The van der Waals surface area contributed by atoms with Gasteiger partial charge in [0.25, 0.3) is 6.02 Å². The van der Waals surface area contributed by atoms with Gasteiger partial charge in [0.05, 0.1) is 11.6 Å². The topological polar surface area (TPSA) is 77.0 Å². The van der Waals surface area contributed by atoms with Crippen LogP contribution in [0.1, 0.15) is 18.1 Å². The summed E-state index contributed by atoms with van der Waals surface area (Å²) in [6.45, 7) is 0.234. The molecule has 0 amide bonds. The van der Waals surface area contributed by atoms with Gasteiger partial charge in [-0.05, 0) is 24.6 Å². The molecule has 0 saturated carbocycles. The number of hydrogen-bond acceptors (Lipinski definition) is 5. The van der Waals surface area contributed by atoms with Gasteiger partial charge in [0, 0.05) is 23.8 Å². The summed E-state index contributed by atoms with van der Waals surface area (Å²) in [7, 11) is 0. The Kier molecular flexibility index (Phi) is 4.56. The molecule has 0 aromatic heterocycles. The third-order valence-electron chi connectivity index (χ3n) is 4.45. The average molecular weight is 386 g/mol. The van der Waals surface area contributed by atoms with Gasteiger partial charge < -0.3 is 10.5 Å². The van der Waals surface area contributed by atoms with Gasteiger partial charge in [-0.3, -0.25) is 9.79 Å². The monoisotopic (exact) mass is 385 g/mol. The van der Waals surface area contributed by atoms with Gasteiger partial charge in [-0.25, -0.2) is 9.38 Å². The van der Waals surface area contributed by atoms with Gasteiger partial charge in [-0.15, -0.1) is 0 Å². The Morgan fingerprint density at radius 1 is 1.42 bits per heavy atom. The number of carbonyl (C=O) groups is 1. The number of ether oxygens (including phenoxy) is 1. The molecule has 1 aromatic rings. The summed E-state index contributed by atoms with van der Waals surface area (Å²) < 4.78 is 47.8. The largest absolute Gasteiger partial charge is 0.459 e. The lowest BCUT2D eigenvalue weighted by molar-refractivity contribution is -0.117. The molecular weight excluding hydrogens is 371 g/mol. The van der Waals surface area contributed by atoms with Crippen LogP contribution in [0.15, 0.2) is 38.8 Å². The number of halogens is 4. The SMILES string of the molecule is C[C@]1(c2cc(CC(=O)C3=C(Cl)C=NC3)ccc2F)N=C(N)OCC1(F)F. The first kappa shape index (κ1) is 18.4. The molecular formula is C17H15ClF3N3O2. The number of allylic oxidation sites excluding steroid dienone is 1. The van der Waals surface area contributed by atoms with E-state index in [1.165, 1.54) is 18.3 Å². The maximum absolute atomic E-state index is 14.4. The Bertz CT molecular complexity index is 867. The highest BCUT2D eigenvalue weighted by atomic mass is 35.5. The predicted octanol–water partition coefficient (Wildman–Crippen LogP) is 2.71. The second-order valence-electron chi connectivity index (χ2n) is 6.23. The van der Waals surface area contributed by atoms with Gasteiger partial charge in [-0.2, -0.15) is 8.78 Å². The minimum Gasteiger partial charge on any atom is -0.459 e. The minimum absolute atomic E-state index is 0.125. The number of amidine groups is 1. The van der Waals surface area contributed by atoms with Crippen LogP contribution in [0, 0.1) is 5.82 Å². The molecule has 1 aromatic carbocycles. The van der Waals surface area contributed by atoms with Crippen molar-refractivity contribution >= 4 is 29.6 Å².